The molecule has 0 heterocycles. The summed E-state index contributed by atoms with van der Waals surface area (Å²) >= 11 is 0. The molecule has 2 atom stereocenters. The minimum Gasteiger partial charge on any atom is -0.494 e. The van der Waals surface area contributed by atoms with E-state index in [1.165, 1.54) is 0 Å². The van der Waals surface area contributed by atoms with Gasteiger partial charge in [0.25, 0.3) is 0 Å². The Hall–Kier alpha value is -1.84. The normalized spacial score (nSPS) is 13.7. The predicted octanol–water partition coefficient (Wildman–Crippen LogP) is 3.90. The molecule has 0 saturated heterocycles. The zero-order chi connectivity index (χ0) is 15.1. The van der Waals surface area contributed by atoms with Gasteiger partial charge in [0.05, 0.1) is 6.61 Å². The van der Waals surface area contributed by atoms with Gasteiger partial charge >= 0.3 is 0 Å². The third kappa shape index (κ3) is 4.06. The van der Waals surface area contributed by atoms with Gasteiger partial charge in [-0.1, -0.05) is 42.5 Å². The Kier molecular flexibility index (Phi) is 5.78. The Morgan fingerprint density at radius 3 is 2.10 bits per heavy atom. The number of rotatable bonds is 7. The third-order valence-corrected chi connectivity index (χ3v) is 3.29. The van der Waals surface area contributed by atoms with Crippen LogP contribution in [0.4, 0.5) is 0 Å². The second kappa shape index (κ2) is 7.81. The summed E-state index contributed by atoms with van der Waals surface area (Å²) in [5.41, 5.74) is 1.79. The van der Waals surface area contributed by atoms with Crippen LogP contribution in [0.3, 0.4) is 0 Å². The Balaban J connectivity index is 2.19. The van der Waals surface area contributed by atoms with E-state index in [0.717, 1.165) is 16.9 Å². The summed E-state index contributed by atoms with van der Waals surface area (Å²) in [6.07, 6.45) is -1.07. The average Bonchev–Trinajstić information content (AvgIpc) is 2.54. The molecular weight excluding hydrogens is 264 g/mol. The van der Waals surface area contributed by atoms with E-state index in [1.807, 2.05) is 68.4 Å². The number of aliphatic hydroxyl groups is 1. The number of hydrogen-bond acceptors (Lipinski definition) is 3. The molecule has 2 unspecified atom stereocenters. The van der Waals surface area contributed by atoms with E-state index in [1.54, 1.807) is 0 Å². The summed E-state index contributed by atoms with van der Waals surface area (Å²) in [5.74, 6) is 0.807. The van der Waals surface area contributed by atoms with Gasteiger partial charge in [-0.2, -0.15) is 0 Å². The Labute approximate surface area is 126 Å². The van der Waals surface area contributed by atoms with Crippen LogP contribution in [0, 0.1) is 0 Å². The van der Waals surface area contributed by atoms with Gasteiger partial charge in [-0.25, -0.2) is 0 Å². The largest absolute Gasteiger partial charge is 0.494 e. The minimum atomic E-state index is -0.706. The molecule has 0 amide bonds. The summed E-state index contributed by atoms with van der Waals surface area (Å²) in [6.45, 7) is 5.06. The fourth-order valence-corrected chi connectivity index (χ4v) is 2.29. The zero-order valence-corrected chi connectivity index (χ0v) is 12.5. The first-order valence-corrected chi connectivity index (χ1v) is 7.33. The van der Waals surface area contributed by atoms with E-state index in [4.69, 9.17) is 9.47 Å². The standard InChI is InChI=1S/C18H22O3/c1-3-20-16-12-10-14(11-13-16)17(19)18(21-4-2)15-8-6-5-7-9-15/h5-13,17-19H,3-4H2,1-2H3. The molecule has 112 valence electrons. The summed E-state index contributed by atoms with van der Waals surface area (Å²) in [4.78, 5) is 0. The molecule has 0 spiro atoms. The molecular formula is C18H22O3. The first kappa shape index (κ1) is 15.5. The molecule has 2 aromatic carbocycles. The first-order valence-electron chi connectivity index (χ1n) is 7.33. The fourth-order valence-electron chi connectivity index (χ4n) is 2.29. The summed E-state index contributed by atoms with van der Waals surface area (Å²) in [5, 5.41) is 10.6. The molecule has 21 heavy (non-hydrogen) atoms. The lowest BCUT2D eigenvalue weighted by molar-refractivity contribution is -0.0361. The van der Waals surface area contributed by atoms with Gasteiger partial charge in [0.2, 0.25) is 0 Å². The quantitative estimate of drug-likeness (QED) is 0.839. The van der Waals surface area contributed by atoms with Gasteiger partial charge in [-0.15, -0.1) is 0 Å². The molecule has 0 fully saturated rings. The van der Waals surface area contributed by atoms with Crippen molar-refractivity contribution in [2.45, 2.75) is 26.1 Å². The van der Waals surface area contributed by atoms with Crippen molar-refractivity contribution in [2.75, 3.05) is 13.2 Å². The molecule has 0 radical (unpaired) electrons. The third-order valence-electron chi connectivity index (χ3n) is 3.29. The molecule has 0 saturated carbocycles. The van der Waals surface area contributed by atoms with E-state index >= 15 is 0 Å². The van der Waals surface area contributed by atoms with Crippen LogP contribution in [0.2, 0.25) is 0 Å². The maximum atomic E-state index is 10.6. The second-order valence-corrected chi connectivity index (χ2v) is 4.73. The molecule has 2 rings (SSSR count). The molecule has 3 nitrogen and oxygen atoms in total. The summed E-state index contributed by atoms with van der Waals surface area (Å²) < 4.78 is 11.2. The van der Waals surface area contributed by atoms with Crippen molar-refractivity contribution in [1.29, 1.82) is 0 Å². The number of aliphatic hydroxyl groups excluding tert-OH is 1. The Bertz CT molecular complexity index is 522. The lowest BCUT2D eigenvalue weighted by atomic mass is 9.98. The van der Waals surface area contributed by atoms with Crippen LogP contribution in [0.1, 0.15) is 37.2 Å². The smallest absolute Gasteiger partial charge is 0.119 e. The fraction of sp³-hybridized carbons (Fsp3) is 0.333. The molecule has 1 N–H and O–H groups in total. The lowest BCUT2D eigenvalue weighted by Gasteiger charge is -2.23. The van der Waals surface area contributed by atoms with Crippen LogP contribution in [0.15, 0.2) is 54.6 Å². The van der Waals surface area contributed by atoms with Crippen molar-refractivity contribution in [3.63, 3.8) is 0 Å². The van der Waals surface area contributed by atoms with Crippen LogP contribution >= 0.6 is 0 Å². The molecule has 0 aliphatic rings. The average molecular weight is 286 g/mol. The number of benzene rings is 2. The highest BCUT2D eigenvalue weighted by molar-refractivity contribution is 5.31. The van der Waals surface area contributed by atoms with Crippen molar-refractivity contribution < 1.29 is 14.6 Å². The molecule has 0 aliphatic carbocycles. The van der Waals surface area contributed by atoms with Crippen LogP contribution in [0.5, 0.6) is 5.75 Å². The molecule has 2 aromatic rings. The van der Waals surface area contributed by atoms with Gasteiger partial charge in [-0.05, 0) is 37.1 Å². The highest BCUT2D eigenvalue weighted by Crippen LogP contribution is 2.32. The van der Waals surface area contributed by atoms with Gasteiger partial charge in [-0.3, -0.25) is 0 Å². The van der Waals surface area contributed by atoms with Gasteiger partial charge in [0.1, 0.15) is 18.0 Å². The predicted molar refractivity (Wildman–Crippen MR) is 83.4 cm³/mol. The zero-order valence-electron chi connectivity index (χ0n) is 12.5. The molecule has 3 heteroatoms. The van der Waals surface area contributed by atoms with Crippen molar-refractivity contribution in [2.24, 2.45) is 0 Å². The van der Waals surface area contributed by atoms with Crippen molar-refractivity contribution in [3.05, 3.63) is 65.7 Å². The Morgan fingerprint density at radius 2 is 1.52 bits per heavy atom. The van der Waals surface area contributed by atoms with E-state index in [9.17, 15) is 5.11 Å². The van der Waals surface area contributed by atoms with Gasteiger partial charge < -0.3 is 14.6 Å². The first-order chi connectivity index (χ1) is 10.3. The maximum Gasteiger partial charge on any atom is 0.119 e. The topological polar surface area (TPSA) is 38.7 Å². The van der Waals surface area contributed by atoms with Crippen molar-refractivity contribution >= 4 is 0 Å². The van der Waals surface area contributed by atoms with Gasteiger partial charge in [0, 0.05) is 6.61 Å². The van der Waals surface area contributed by atoms with E-state index < -0.39 is 6.10 Å². The van der Waals surface area contributed by atoms with Crippen molar-refractivity contribution in [3.8, 4) is 5.75 Å². The van der Waals surface area contributed by atoms with Crippen molar-refractivity contribution in [1.82, 2.24) is 0 Å². The monoisotopic (exact) mass is 286 g/mol. The van der Waals surface area contributed by atoms with Crippen LogP contribution in [0.25, 0.3) is 0 Å². The summed E-state index contributed by atoms with van der Waals surface area (Å²) in [7, 11) is 0. The van der Waals surface area contributed by atoms with E-state index in [2.05, 4.69) is 0 Å². The number of hydrogen-bond donors (Lipinski definition) is 1. The van der Waals surface area contributed by atoms with Crippen LogP contribution in [-0.2, 0) is 4.74 Å². The summed E-state index contributed by atoms with van der Waals surface area (Å²) in [6, 6.07) is 17.3. The number of ether oxygens (including phenoxy) is 2. The molecule has 0 aromatic heterocycles. The van der Waals surface area contributed by atoms with Crippen LogP contribution in [-0.4, -0.2) is 18.3 Å². The molecule has 0 bridgehead atoms. The minimum absolute atomic E-state index is 0.367. The molecule has 0 aliphatic heterocycles. The highest BCUT2D eigenvalue weighted by atomic mass is 16.5. The SMILES string of the molecule is CCOc1ccc(C(O)C(OCC)c2ccccc2)cc1. The lowest BCUT2D eigenvalue weighted by Crippen LogP contribution is -2.14. The van der Waals surface area contributed by atoms with Gasteiger partial charge in [0.15, 0.2) is 0 Å². The maximum absolute atomic E-state index is 10.6. The van der Waals surface area contributed by atoms with E-state index in [-0.39, 0.29) is 6.10 Å². The Morgan fingerprint density at radius 1 is 0.857 bits per heavy atom. The highest BCUT2D eigenvalue weighted by Gasteiger charge is 2.23. The van der Waals surface area contributed by atoms with E-state index in [0.29, 0.717) is 13.2 Å². The second-order valence-electron chi connectivity index (χ2n) is 4.73. The van der Waals surface area contributed by atoms with Crippen LogP contribution < -0.4 is 4.74 Å².